The number of phenols is 1. The Hall–Kier alpha value is -3.66. The second-order valence-corrected chi connectivity index (χ2v) is 6.22. The number of phenolic OH excluding ortho intramolecular Hbond substituents is 1. The van der Waals surface area contributed by atoms with Gasteiger partial charge in [-0.1, -0.05) is 48.5 Å². The van der Waals surface area contributed by atoms with Gasteiger partial charge in [0.2, 0.25) is 12.3 Å². The molecule has 4 nitrogen and oxygen atoms in total. The summed E-state index contributed by atoms with van der Waals surface area (Å²) in [7, 11) is 0. The van der Waals surface area contributed by atoms with Crippen LogP contribution in [0.1, 0.15) is 10.4 Å². The van der Waals surface area contributed by atoms with Crippen LogP contribution in [0, 0.1) is 0 Å². The molecule has 0 radical (unpaired) electrons. The molecule has 3 aromatic carbocycles. The van der Waals surface area contributed by atoms with E-state index in [0.29, 0.717) is 17.2 Å². The van der Waals surface area contributed by atoms with Gasteiger partial charge in [-0.05, 0) is 35.7 Å². The van der Waals surface area contributed by atoms with Gasteiger partial charge in [0.25, 0.3) is 0 Å². The second kappa shape index (κ2) is 7.30. The molecule has 0 spiro atoms. The quantitative estimate of drug-likeness (QED) is 0.423. The topological polar surface area (TPSA) is 50.4 Å². The van der Waals surface area contributed by atoms with Gasteiger partial charge >= 0.3 is 5.88 Å². The number of pyridine rings is 1. The van der Waals surface area contributed by atoms with Crippen LogP contribution in [0.5, 0.6) is 17.4 Å². The van der Waals surface area contributed by atoms with E-state index in [-0.39, 0.29) is 18.1 Å². The lowest BCUT2D eigenvalue weighted by molar-refractivity contribution is -0.685. The Labute approximate surface area is 156 Å². The minimum atomic E-state index is 0.00596. The molecule has 0 aliphatic carbocycles. The molecule has 0 bridgehead atoms. The van der Waals surface area contributed by atoms with Gasteiger partial charge in [0.15, 0.2) is 6.20 Å². The molecule has 0 fully saturated rings. The van der Waals surface area contributed by atoms with E-state index >= 15 is 0 Å². The van der Waals surface area contributed by atoms with E-state index in [4.69, 9.17) is 4.74 Å². The summed E-state index contributed by atoms with van der Waals surface area (Å²) < 4.78 is 7.92. The zero-order valence-electron chi connectivity index (χ0n) is 14.6. The maximum atomic E-state index is 12.7. The number of ketones is 1. The fraction of sp³-hybridized carbons (Fsp3) is 0.0435. The van der Waals surface area contributed by atoms with Gasteiger partial charge in [0.1, 0.15) is 11.5 Å². The highest BCUT2D eigenvalue weighted by molar-refractivity contribution is 5.95. The fourth-order valence-electron chi connectivity index (χ4n) is 2.96. The number of Topliss-reactive ketones (excluding diaryl/α,β-unsaturated/α-hetero) is 1. The van der Waals surface area contributed by atoms with Crippen LogP contribution >= 0.6 is 0 Å². The number of nitrogens with zero attached hydrogens (tertiary/aromatic N) is 1. The number of aromatic nitrogens is 1. The van der Waals surface area contributed by atoms with Crippen LogP contribution in [0.3, 0.4) is 0 Å². The third-order valence-electron chi connectivity index (χ3n) is 4.35. The lowest BCUT2D eigenvalue weighted by atomic mass is 10.1. The molecular weight excluding hydrogens is 338 g/mol. The van der Waals surface area contributed by atoms with Crippen molar-refractivity contribution in [1.82, 2.24) is 0 Å². The van der Waals surface area contributed by atoms with Crippen molar-refractivity contribution in [2.24, 2.45) is 0 Å². The zero-order chi connectivity index (χ0) is 18.6. The third kappa shape index (κ3) is 3.65. The van der Waals surface area contributed by atoms with Crippen molar-refractivity contribution in [3.8, 4) is 17.4 Å². The molecule has 4 heteroatoms. The van der Waals surface area contributed by atoms with E-state index in [0.717, 1.165) is 10.8 Å². The van der Waals surface area contributed by atoms with E-state index < -0.39 is 0 Å². The summed E-state index contributed by atoms with van der Waals surface area (Å²) in [5, 5.41) is 11.4. The smallest absolute Gasteiger partial charge is 0.381 e. The highest BCUT2D eigenvalue weighted by Gasteiger charge is 2.21. The first-order valence-corrected chi connectivity index (χ1v) is 8.67. The summed E-state index contributed by atoms with van der Waals surface area (Å²) in [4.78, 5) is 12.7. The monoisotopic (exact) mass is 356 g/mol. The molecule has 4 aromatic rings. The zero-order valence-corrected chi connectivity index (χ0v) is 14.6. The molecule has 0 aliphatic heterocycles. The lowest BCUT2D eigenvalue weighted by Gasteiger charge is -2.09. The van der Waals surface area contributed by atoms with Gasteiger partial charge in [0.05, 0.1) is 5.39 Å². The largest absolute Gasteiger partial charge is 0.508 e. The maximum Gasteiger partial charge on any atom is 0.381 e. The molecule has 0 saturated carbocycles. The summed E-state index contributed by atoms with van der Waals surface area (Å²) in [6, 6.07) is 25.6. The Kier molecular flexibility index (Phi) is 4.54. The highest BCUT2D eigenvalue weighted by atomic mass is 16.5. The maximum absolute atomic E-state index is 12.7. The molecule has 0 saturated heterocycles. The van der Waals surface area contributed by atoms with Crippen LogP contribution in [0.25, 0.3) is 10.8 Å². The van der Waals surface area contributed by atoms with Gasteiger partial charge in [-0.3, -0.25) is 4.79 Å². The first-order chi connectivity index (χ1) is 13.2. The van der Waals surface area contributed by atoms with Gasteiger partial charge in [-0.2, -0.15) is 4.57 Å². The Balaban J connectivity index is 1.75. The molecule has 0 amide bonds. The van der Waals surface area contributed by atoms with Crippen LogP contribution in [0.2, 0.25) is 0 Å². The predicted molar refractivity (Wildman–Crippen MR) is 103 cm³/mol. The summed E-state index contributed by atoms with van der Waals surface area (Å²) in [5.41, 5.74) is 0.661. The highest BCUT2D eigenvalue weighted by Crippen LogP contribution is 2.27. The van der Waals surface area contributed by atoms with Crippen LogP contribution in [0.4, 0.5) is 0 Å². The van der Waals surface area contributed by atoms with Crippen LogP contribution in [-0.2, 0) is 6.54 Å². The number of carbonyl (C=O) groups is 1. The summed E-state index contributed by atoms with van der Waals surface area (Å²) in [5.74, 6) is 1.35. The molecule has 0 unspecified atom stereocenters. The normalized spacial score (nSPS) is 10.7. The van der Waals surface area contributed by atoms with Crippen LogP contribution in [0.15, 0.2) is 91.1 Å². The molecule has 0 atom stereocenters. The average Bonchev–Trinajstić information content (AvgIpc) is 2.72. The first-order valence-electron chi connectivity index (χ1n) is 8.67. The fourth-order valence-corrected chi connectivity index (χ4v) is 2.96. The van der Waals surface area contributed by atoms with Crippen LogP contribution in [-0.4, -0.2) is 10.9 Å². The van der Waals surface area contributed by atoms with Gasteiger partial charge in [0, 0.05) is 11.6 Å². The van der Waals surface area contributed by atoms with E-state index in [1.807, 2.05) is 71.4 Å². The number of fused-ring (bicyclic) bond motifs is 1. The van der Waals surface area contributed by atoms with Crippen molar-refractivity contribution in [2.75, 3.05) is 0 Å². The van der Waals surface area contributed by atoms with E-state index in [1.165, 1.54) is 0 Å². The second-order valence-electron chi connectivity index (χ2n) is 6.22. The molecular formula is C23H18NO3+. The number of benzene rings is 3. The van der Waals surface area contributed by atoms with Crippen molar-refractivity contribution in [3.05, 3.63) is 96.7 Å². The van der Waals surface area contributed by atoms with E-state index in [9.17, 15) is 9.90 Å². The Morgan fingerprint density at radius 1 is 0.852 bits per heavy atom. The standard InChI is InChI=1S/C23H17NO3/c25-19-10-12-20(13-11-19)27-23-21-9-5-4-6-17(21)14-15-24(23)16-22(26)18-7-2-1-3-8-18/h1-15H,16H2/p+1. The molecule has 1 heterocycles. The summed E-state index contributed by atoms with van der Waals surface area (Å²) >= 11 is 0. The molecule has 4 rings (SSSR count). The Morgan fingerprint density at radius 2 is 1.56 bits per heavy atom. The predicted octanol–water partition coefficient (Wildman–Crippen LogP) is 4.51. The van der Waals surface area contributed by atoms with Crippen molar-refractivity contribution < 1.29 is 19.2 Å². The minimum Gasteiger partial charge on any atom is -0.508 e. The summed E-state index contributed by atoms with van der Waals surface area (Å²) in [6.45, 7) is 0.169. The van der Waals surface area contributed by atoms with E-state index in [2.05, 4.69) is 0 Å². The number of ether oxygens (including phenoxy) is 1. The molecule has 1 aromatic heterocycles. The number of aromatic hydroxyl groups is 1. The molecule has 1 N–H and O–H groups in total. The Bertz CT molecular complexity index is 1090. The molecule has 132 valence electrons. The molecule has 0 aliphatic rings. The third-order valence-corrected chi connectivity index (χ3v) is 4.35. The minimum absolute atomic E-state index is 0.00596. The average molecular weight is 356 g/mol. The lowest BCUT2D eigenvalue weighted by Crippen LogP contribution is -2.39. The van der Waals surface area contributed by atoms with Gasteiger partial charge < -0.3 is 9.84 Å². The van der Waals surface area contributed by atoms with Crippen molar-refractivity contribution >= 4 is 16.6 Å². The van der Waals surface area contributed by atoms with Crippen molar-refractivity contribution in [2.45, 2.75) is 6.54 Å². The van der Waals surface area contributed by atoms with Crippen molar-refractivity contribution in [1.29, 1.82) is 0 Å². The number of rotatable bonds is 5. The van der Waals surface area contributed by atoms with Crippen molar-refractivity contribution in [3.63, 3.8) is 0 Å². The number of hydrogen-bond acceptors (Lipinski definition) is 3. The number of carbonyl (C=O) groups excluding carboxylic acids is 1. The summed E-state index contributed by atoms with van der Waals surface area (Å²) in [6.07, 6.45) is 1.86. The molecule has 27 heavy (non-hydrogen) atoms. The van der Waals surface area contributed by atoms with E-state index in [1.54, 1.807) is 24.3 Å². The number of hydrogen-bond donors (Lipinski definition) is 1. The Morgan fingerprint density at radius 3 is 2.33 bits per heavy atom. The first kappa shape index (κ1) is 16.8. The SMILES string of the molecule is O=C(C[n+]1ccc2ccccc2c1Oc1ccc(O)cc1)c1ccccc1. The van der Waals surface area contributed by atoms with Gasteiger partial charge in [-0.25, -0.2) is 0 Å². The van der Waals surface area contributed by atoms with Crippen LogP contribution < -0.4 is 9.30 Å². The van der Waals surface area contributed by atoms with Gasteiger partial charge in [-0.15, -0.1) is 0 Å².